The summed E-state index contributed by atoms with van der Waals surface area (Å²) in [6, 6.07) is 8.69. The fourth-order valence-corrected chi connectivity index (χ4v) is 3.77. The van der Waals surface area contributed by atoms with E-state index in [9.17, 15) is 4.79 Å². The molecule has 2 nitrogen and oxygen atoms in total. The number of carbonyl (C=O) groups excluding carboxylic acids is 1. The summed E-state index contributed by atoms with van der Waals surface area (Å²) >= 11 is 5.86. The smallest absolute Gasteiger partial charge is 0.224 e. The zero-order chi connectivity index (χ0) is 13.4. The third-order valence-electron chi connectivity index (χ3n) is 4.66. The molecule has 0 saturated heterocycles. The van der Waals surface area contributed by atoms with Crippen LogP contribution in [0.2, 0.25) is 0 Å². The predicted molar refractivity (Wildman–Crippen MR) is 77.4 cm³/mol. The van der Waals surface area contributed by atoms with Gasteiger partial charge in [-0.25, -0.2) is 0 Å². The number of alkyl halides is 1. The lowest BCUT2D eigenvalue weighted by Gasteiger charge is -2.14. The van der Waals surface area contributed by atoms with Crippen molar-refractivity contribution in [3.05, 3.63) is 35.4 Å². The van der Waals surface area contributed by atoms with Crippen molar-refractivity contribution in [2.75, 3.05) is 5.88 Å². The molecule has 2 aliphatic carbocycles. The Hall–Kier alpha value is -1.02. The highest BCUT2D eigenvalue weighted by Crippen LogP contribution is 2.59. The molecule has 2 aliphatic rings. The number of rotatable bonds is 4. The quantitative estimate of drug-likeness (QED) is 0.842. The molecular weight excluding hydrogens is 258 g/mol. The summed E-state index contributed by atoms with van der Waals surface area (Å²) in [7, 11) is 0. The van der Waals surface area contributed by atoms with Crippen molar-refractivity contribution in [3.8, 4) is 0 Å². The molecule has 1 saturated carbocycles. The van der Waals surface area contributed by atoms with Crippen LogP contribution in [0.4, 0.5) is 0 Å². The molecule has 0 heterocycles. The molecule has 3 rings (SSSR count). The Kier molecular flexibility index (Phi) is 3.53. The van der Waals surface area contributed by atoms with Crippen molar-refractivity contribution in [1.82, 2.24) is 5.32 Å². The highest BCUT2D eigenvalue weighted by atomic mass is 35.5. The van der Waals surface area contributed by atoms with Crippen LogP contribution in [-0.4, -0.2) is 17.8 Å². The first kappa shape index (κ1) is 13.0. The summed E-state index contributed by atoms with van der Waals surface area (Å²) in [5.41, 5.74) is 2.83. The van der Waals surface area contributed by atoms with Crippen molar-refractivity contribution in [2.24, 2.45) is 11.8 Å². The summed E-state index contributed by atoms with van der Waals surface area (Å²) in [5, 5.41) is 3.09. The molecule has 4 atom stereocenters. The van der Waals surface area contributed by atoms with Crippen LogP contribution in [-0.2, 0) is 11.2 Å². The van der Waals surface area contributed by atoms with Crippen LogP contribution in [0.5, 0.6) is 0 Å². The van der Waals surface area contributed by atoms with E-state index in [-0.39, 0.29) is 17.9 Å². The Morgan fingerprint density at radius 2 is 2.26 bits per heavy atom. The summed E-state index contributed by atoms with van der Waals surface area (Å²) in [4.78, 5) is 12.3. The monoisotopic (exact) mass is 277 g/mol. The van der Waals surface area contributed by atoms with Gasteiger partial charge < -0.3 is 5.32 Å². The van der Waals surface area contributed by atoms with Gasteiger partial charge in [0, 0.05) is 17.8 Å². The molecular formula is C16H20ClNO. The third-order valence-corrected chi connectivity index (χ3v) is 5.03. The van der Waals surface area contributed by atoms with Gasteiger partial charge in [0.2, 0.25) is 5.91 Å². The molecule has 0 radical (unpaired) electrons. The van der Waals surface area contributed by atoms with Crippen molar-refractivity contribution in [1.29, 1.82) is 0 Å². The zero-order valence-electron chi connectivity index (χ0n) is 11.2. The van der Waals surface area contributed by atoms with Gasteiger partial charge in [-0.15, -0.1) is 11.6 Å². The van der Waals surface area contributed by atoms with Gasteiger partial charge in [0.25, 0.3) is 0 Å². The lowest BCUT2D eigenvalue weighted by molar-refractivity contribution is -0.123. The molecule has 102 valence electrons. The minimum atomic E-state index is 0.118. The molecule has 4 unspecified atom stereocenters. The van der Waals surface area contributed by atoms with Gasteiger partial charge >= 0.3 is 0 Å². The molecule has 0 bridgehead atoms. The van der Waals surface area contributed by atoms with Crippen molar-refractivity contribution in [3.63, 3.8) is 0 Å². The molecule has 0 spiro atoms. The average molecular weight is 278 g/mol. The van der Waals surface area contributed by atoms with E-state index in [4.69, 9.17) is 11.6 Å². The van der Waals surface area contributed by atoms with Crippen molar-refractivity contribution in [2.45, 2.75) is 38.1 Å². The van der Waals surface area contributed by atoms with E-state index in [0.717, 1.165) is 19.3 Å². The number of hydrogen-bond donors (Lipinski definition) is 1. The number of benzene rings is 1. The number of fused-ring (bicyclic) bond motifs is 3. The normalized spacial score (nSPS) is 29.1. The highest BCUT2D eigenvalue weighted by molar-refractivity contribution is 6.18. The van der Waals surface area contributed by atoms with Crippen molar-refractivity contribution >= 4 is 17.5 Å². The Morgan fingerprint density at radius 1 is 1.47 bits per heavy atom. The first-order chi connectivity index (χ1) is 9.26. The Labute approximate surface area is 119 Å². The molecule has 1 amide bonds. The van der Waals surface area contributed by atoms with Crippen LogP contribution in [0.15, 0.2) is 24.3 Å². The maximum absolute atomic E-state index is 12.3. The van der Waals surface area contributed by atoms with Crippen LogP contribution in [0.1, 0.15) is 36.8 Å². The van der Waals surface area contributed by atoms with E-state index in [1.165, 1.54) is 11.1 Å². The second-order valence-corrected chi connectivity index (χ2v) is 6.03. The van der Waals surface area contributed by atoms with Gasteiger partial charge in [-0.2, -0.15) is 0 Å². The van der Waals surface area contributed by atoms with E-state index in [1.807, 2.05) is 0 Å². The number of aryl methyl sites for hydroxylation is 1. The second kappa shape index (κ2) is 5.16. The fourth-order valence-electron chi connectivity index (χ4n) is 3.47. The van der Waals surface area contributed by atoms with E-state index in [2.05, 4.69) is 36.5 Å². The zero-order valence-corrected chi connectivity index (χ0v) is 12.0. The number of halogens is 1. The van der Waals surface area contributed by atoms with Gasteiger partial charge in [-0.3, -0.25) is 4.79 Å². The van der Waals surface area contributed by atoms with Crippen LogP contribution >= 0.6 is 11.6 Å². The van der Waals surface area contributed by atoms with Gasteiger partial charge in [-0.1, -0.05) is 31.2 Å². The van der Waals surface area contributed by atoms with Crippen molar-refractivity contribution < 1.29 is 4.79 Å². The summed E-state index contributed by atoms with van der Waals surface area (Å²) in [6.07, 6.45) is 3.17. The Balaban J connectivity index is 1.72. The number of carbonyl (C=O) groups is 1. The first-order valence-corrected chi connectivity index (χ1v) is 7.73. The van der Waals surface area contributed by atoms with E-state index in [0.29, 0.717) is 17.7 Å². The second-order valence-electron chi connectivity index (χ2n) is 5.72. The molecule has 1 aromatic rings. The molecule has 3 heteroatoms. The van der Waals surface area contributed by atoms with Crippen LogP contribution in [0.25, 0.3) is 0 Å². The summed E-state index contributed by atoms with van der Waals surface area (Å²) in [6.45, 7) is 2.06. The van der Waals surface area contributed by atoms with E-state index >= 15 is 0 Å². The highest BCUT2D eigenvalue weighted by Gasteiger charge is 2.56. The maximum Gasteiger partial charge on any atom is 0.224 e. The van der Waals surface area contributed by atoms with Gasteiger partial charge in [0.15, 0.2) is 0 Å². The molecule has 1 fully saturated rings. The van der Waals surface area contributed by atoms with Gasteiger partial charge in [0.1, 0.15) is 0 Å². The maximum atomic E-state index is 12.3. The topological polar surface area (TPSA) is 29.1 Å². The SMILES string of the molecule is CCC(CCl)NC(=O)C1C2CCc3ccccc3C21. The standard InChI is InChI=1S/C16H20ClNO/c1-2-11(9-17)18-16(19)15-13-8-7-10-5-3-4-6-12(10)14(13)15/h3-6,11,13-15H,2,7-9H2,1H3,(H,18,19). The molecule has 1 aromatic carbocycles. The van der Waals surface area contributed by atoms with Crippen LogP contribution < -0.4 is 5.32 Å². The van der Waals surface area contributed by atoms with E-state index in [1.54, 1.807) is 0 Å². The lowest BCUT2D eigenvalue weighted by atomic mass is 9.92. The predicted octanol–water partition coefficient (Wildman–Crippen LogP) is 3.10. The summed E-state index contributed by atoms with van der Waals surface area (Å²) < 4.78 is 0. The minimum absolute atomic E-state index is 0.118. The Morgan fingerprint density at radius 3 is 3.00 bits per heavy atom. The van der Waals surface area contributed by atoms with Crippen LogP contribution in [0.3, 0.4) is 0 Å². The fraction of sp³-hybridized carbons (Fsp3) is 0.562. The molecule has 0 aromatic heterocycles. The van der Waals surface area contributed by atoms with Crippen LogP contribution in [0, 0.1) is 11.8 Å². The lowest BCUT2D eigenvalue weighted by Crippen LogP contribution is -2.37. The number of amides is 1. The third kappa shape index (κ3) is 2.27. The van der Waals surface area contributed by atoms with Gasteiger partial charge in [0.05, 0.1) is 0 Å². The van der Waals surface area contributed by atoms with E-state index < -0.39 is 0 Å². The average Bonchev–Trinajstić information content (AvgIpc) is 3.19. The van der Waals surface area contributed by atoms with Gasteiger partial charge in [-0.05, 0) is 42.2 Å². The molecule has 19 heavy (non-hydrogen) atoms. The number of nitrogens with one attached hydrogen (secondary N) is 1. The minimum Gasteiger partial charge on any atom is -0.352 e. The number of hydrogen-bond acceptors (Lipinski definition) is 1. The molecule has 1 N–H and O–H groups in total. The Bertz CT molecular complexity index is 483. The first-order valence-electron chi connectivity index (χ1n) is 7.20. The summed E-state index contributed by atoms with van der Waals surface area (Å²) in [5.74, 6) is 1.90. The largest absolute Gasteiger partial charge is 0.352 e. The molecule has 0 aliphatic heterocycles.